The predicted molar refractivity (Wildman–Crippen MR) is 132 cm³/mol. The van der Waals surface area contributed by atoms with Crippen molar-refractivity contribution in [1.82, 2.24) is 0 Å². The van der Waals surface area contributed by atoms with Crippen molar-refractivity contribution in [2.45, 2.75) is 84.0 Å². The summed E-state index contributed by atoms with van der Waals surface area (Å²) in [5, 5.41) is 0.281. The van der Waals surface area contributed by atoms with E-state index in [0.29, 0.717) is 5.92 Å². The number of rotatable bonds is 6. The van der Waals surface area contributed by atoms with Gasteiger partial charge < -0.3 is 0 Å². The Bertz CT molecular complexity index is 903. The Morgan fingerprint density at radius 1 is 0.871 bits per heavy atom. The van der Waals surface area contributed by atoms with Crippen molar-refractivity contribution in [3.05, 3.63) is 64.4 Å². The topological polar surface area (TPSA) is 0 Å². The molecule has 0 aliphatic heterocycles. The summed E-state index contributed by atoms with van der Waals surface area (Å²) >= 11 is 6.56. The van der Waals surface area contributed by atoms with E-state index in [1.54, 1.807) is 0 Å². The maximum absolute atomic E-state index is 15.3. The Morgan fingerprint density at radius 2 is 1.58 bits per heavy atom. The summed E-state index contributed by atoms with van der Waals surface area (Å²) in [4.78, 5) is 0. The molecule has 2 aromatic carbocycles. The Labute approximate surface area is 192 Å². The van der Waals surface area contributed by atoms with E-state index < -0.39 is 0 Å². The molecule has 0 heterocycles. The molecule has 0 saturated heterocycles. The summed E-state index contributed by atoms with van der Waals surface area (Å²) in [6, 6.07) is 12.6. The normalized spacial score (nSPS) is 24.1. The molecule has 2 aliphatic carbocycles. The van der Waals surface area contributed by atoms with Crippen LogP contribution in [-0.4, -0.2) is 0 Å². The van der Waals surface area contributed by atoms with Gasteiger partial charge in [-0.1, -0.05) is 87.2 Å². The van der Waals surface area contributed by atoms with E-state index in [4.69, 9.17) is 11.6 Å². The average molecular weight is 439 g/mol. The van der Waals surface area contributed by atoms with E-state index in [0.717, 1.165) is 47.8 Å². The Balaban J connectivity index is 1.49. The first-order chi connectivity index (χ1) is 15.1. The summed E-state index contributed by atoms with van der Waals surface area (Å²) in [6.07, 6.45) is 14.5. The molecule has 2 heteroatoms. The van der Waals surface area contributed by atoms with Crippen LogP contribution >= 0.6 is 11.6 Å². The van der Waals surface area contributed by atoms with Gasteiger partial charge in [-0.05, 0) is 85.0 Å². The first-order valence-corrected chi connectivity index (χ1v) is 12.8. The Kier molecular flexibility index (Phi) is 7.54. The Hall–Kier alpha value is -1.60. The van der Waals surface area contributed by atoms with Crippen LogP contribution in [0.3, 0.4) is 0 Å². The summed E-state index contributed by atoms with van der Waals surface area (Å²) < 4.78 is 15.3. The zero-order valence-corrected chi connectivity index (χ0v) is 19.9. The molecule has 166 valence electrons. The molecule has 2 aromatic rings. The lowest BCUT2D eigenvalue weighted by molar-refractivity contribution is 0.304. The molecule has 2 aliphatic rings. The lowest BCUT2D eigenvalue weighted by Gasteiger charge is -2.29. The van der Waals surface area contributed by atoms with Crippen LogP contribution < -0.4 is 0 Å². The fraction of sp³-hybridized carbons (Fsp3) is 0.517. The molecular formula is C29H36ClF. The number of benzene rings is 2. The number of hydrogen-bond donors (Lipinski definition) is 0. The SMILES string of the molecule is CCCC1CCC(c2ccc(-c3ccc(C4=CCC(CC)CC4)cc3)c(Cl)c2F)CC1. The number of halogens is 2. The standard InChI is InChI=1S/C29H36ClF/c1-3-5-21-8-12-25(13-9-21)27-19-18-26(28(30)29(27)31)24-16-14-23(15-17-24)22-10-6-20(4-2)7-11-22/h10,14-21,25H,3-9,11-13H2,1-2H3. The van der Waals surface area contributed by atoms with E-state index in [1.165, 1.54) is 56.1 Å². The van der Waals surface area contributed by atoms with Crippen LogP contribution in [0, 0.1) is 17.7 Å². The second-order valence-corrected chi connectivity index (χ2v) is 10.1. The third-order valence-electron chi connectivity index (χ3n) is 7.76. The largest absolute Gasteiger partial charge is 0.205 e. The van der Waals surface area contributed by atoms with Crippen molar-refractivity contribution in [2.75, 3.05) is 0 Å². The van der Waals surface area contributed by atoms with Gasteiger partial charge in [-0.2, -0.15) is 0 Å². The molecule has 1 saturated carbocycles. The van der Waals surface area contributed by atoms with Crippen LogP contribution in [0.2, 0.25) is 5.02 Å². The minimum Gasteiger partial charge on any atom is -0.205 e. The molecular weight excluding hydrogens is 403 g/mol. The molecule has 1 fully saturated rings. The quantitative estimate of drug-likeness (QED) is 0.420. The van der Waals surface area contributed by atoms with Crippen LogP contribution in [0.5, 0.6) is 0 Å². The monoisotopic (exact) mass is 438 g/mol. The van der Waals surface area contributed by atoms with Crippen LogP contribution in [0.4, 0.5) is 4.39 Å². The van der Waals surface area contributed by atoms with Gasteiger partial charge in [-0.25, -0.2) is 4.39 Å². The first-order valence-electron chi connectivity index (χ1n) is 12.4. The van der Waals surface area contributed by atoms with Crippen LogP contribution in [0.15, 0.2) is 42.5 Å². The van der Waals surface area contributed by atoms with Crippen molar-refractivity contribution in [1.29, 1.82) is 0 Å². The highest BCUT2D eigenvalue weighted by molar-refractivity contribution is 6.33. The van der Waals surface area contributed by atoms with Gasteiger partial charge in [0.1, 0.15) is 5.82 Å². The number of hydrogen-bond acceptors (Lipinski definition) is 0. The van der Waals surface area contributed by atoms with E-state index in [1.807, 2.05) is 12.1 Å². The van der Waals surface area contributed by atoms with Gasteiger partial charge in [0.25, 0.3) is 0 Å². The third kappa shape index (κ3) is 5.08. The highest BCUT2D eigenvalue weighted by Crippen LogP contribution is 2.42. The molecule has 0 amide bonds. The zero-order chi connectivity index (χ0) is 21.8. The molecule has 0 radical (unpaired) electrons. The summed E-state index contributed by atoms with van der Waals surface area (Å²) in [7, 11) is 0. The minimum atomic E-state index is -0.206. The van der Waals surface area contributed by atoms with E-state index >= 15 is 4.39 Å². The molecule has 0 aromatic heterocycles. The van der Waals surface area contributed by atoms with Gasteiger partial charge in [0, 0.05) is 5.56 Å². The lowest BCUT2D eigenvalue weighted by atomic mass is 9.77. The highest BCUT2D eigenvalue weighted by Gasteiger charge is 2.25. The maximum atomic E-state index is 15.3. The van der Waals surface area contributed by atoms with Crippen molar-refractivity contribution in [2.24, 2.45) is 11.8 Å². The highest BCUT2D eigenvalue weighted by atomic mass is 35.5. The van der Waals surface area contributed by atoms with Gasteiger partial charge in [-0.3, -0.25) is 0 Å². The zero-order valence-electron chi connectivity index (χ0n) is 19.1. The third-order valence-corrected chi connectivity index (χ3v) is 8.13. The lowest BCUT2D eigenvalue weighted by Crippen LogP contribution is -2.14. The second-order valence-electron chi connectivity index (χ2n) is 9.69. The molecule has 31 heavy (non-hydrogen) atoms. The molecule has 0 bridgehead atoms. The first kappa shape index (κ1) is 22.6. The van der Waals surface area contributed by atoms with Crippen molar-refractivity contribution >= 4 is 17.2 Å². The minimum absolute atomic E-state index is 0.206. The van der Waals surface area contributed by atoms with Crippen molar-refractivity contribution in [3.63, 3.8) is 0 Å². The van der Waals surface area contributed by atoms with E-state index in [2.05, 4.69) is 44.2 Å². The van der Waals surface area contributed by atoms with Gasteiger partial charge in [0.05, 0.1) is 5.02 Å². The second kappa shape index (κ2) is 10.3. The Morgan fingerprint density at radius 3 is 2.19 bits per heavy atom. The number of allylic oxidation sites excluding steroid dienone is 2. The fourth-order valence-corrected chi connectivity index (χ4v) is 5.94. The molecule has 1 unspecified atom stereocenters. The van der Waals surface area contributed by atoms with Gasteiger partial charge in [0.2, 0.25) is 0 Å². The maximum Gasteiger partial charge on any atom is 0.145 e. The molecule has 0 spiro atoms. The van der Waals surface area contributed by atoms with Crippen LogP contribution in [-0.2, 0) is 0 Å². The fourth-order valence-electron chi connectivity index (χ4n) is 5.66. The average Bonchev–Trinajstić information content (AvgIpc) is 2.82. The molecule has 0 nitrogen and oxygen atoms in total. The predicted octanol–water partition coefficient (Wildman–Crippen LogP) is 9.81. The summed E-state index contributed by atoms with van der Waals surface area (Å²) in [5.74, 6) is 1.77. The van der Waals surface area contributed by atoms with E-state index in [9.17, 15) is 0 Å². The molecule has 4 rings (SSSR count). The van der Waals surface area contributed by atoms with Crippen LogP contribution in [0.25, 0.3) is 16.7 Å². The summed E-state index contributed by atoms with van der Waals surface area (Å²) in [5.41, 5.74) is 5.35. The summed E-state index contributed by atoms with van der Waals surface area (Å²) in [6.45, 7) is 4.54. The van der Waals surface area contributed by atoms with Crippen LogP contribution in [0.1, 0.15) is 95.1 Å². The van der Waals surface area contributed by atoms with Gasteiger partial charge in [-0.15, -0.1) is 0 Å². The van der Waals surface area contributed by atoms with Crippen molar-refractivity contribution < 1.29 is 4.39 Å². The molecule has 0 N–H and O–H groups in total. The van der Waals surface area contributed by atoms with E-state index in [-0.39, 0.29) is 10.8 Å². The smallest absolute Gasteiger partial charge is 0.145 e. The van der Waals surface area contributed by atoms with Gasteiger partial charge in [0.15, 0.2) is 0 Å². The molecule has 1 atom stereocenters. The van der Waals surface area contributed by atoms with Crippen molar-refractivity contribution in [3.8, 4) is 11.1 Å². The van der Waals surface area contributed by atoms with Gasteiger partial charge >= 0.3 is 0 Å².